The summed E-state index contributed by atoms with van der Waals surface area (Å²) in [5, 5.41) is 3.37. The molecule has 1 heterocycles. The van der Waals surface area contributed by atoms with E-state index in [0.29, 0.717) is 11.3 Å². The molecule has 0 bridgehead atoms. The van der Waals surface area contributed by atoms with Gasteiger partial charge < -0.3 is 4.90 Å². The highest BCUT2D eigenvalue weighted by Crippen LogP contribution is 2.36. The van der Waals surface area contributed by atoms with Crippen LogP contribution < -0.4 is 5.32 Å². The summed E-state index contributed by atoms with van der Waals surface area (Å²) in [6.07, 6.45) is 9.95. The van der Waals surface area contributed by atoms with Crippen molar-refractivity contribution < 1.29 is 4.79 Å². The lowest BCUT2D eigenvalue weighted by molar-refractivity contribution is -0.130. The maximum absolute atomic E-state index is 12.3. The number of rotatable bonds is 5. The molecule has 0 spiro atoms. The van der Waals surface area contributed by atoms with Gasteiger partial charge in [-0.15, -0.1) is 0 Å². The fraction of sp³-hybridized carbons (Fsp3) is 0.933. The van der Waals surface area contributed by atoms with Gasteiger partial charge in [-0.1, -0.05) is 46.0 Å². The van der Waals surface area contributed by atoms with Crippen LogP contribution in [0.15, 0.2) is 0 Å². The minimum Gasteiger partial charge on any atom is -0.328 e. The molecule has 3 nitrogen and oxygen atoms in total. The van der Waals surface area contributed by atoms with Gasteiger partial charge in [-0.3, -0.25) is 10.1 Å². The molecule has 0 radical (unpaired) electrons. The van der Waals surface area contributed by atoms with Crippen LogP contribution in [0.5, 0.6) is 0 Å². The highest BCUT2D eigenvalue weighted by Gasteiger charge is 2.36. The van der Waals surface area contributed by atoms with Crippen molar-refractivity contribution in [2.45, 2.75) is 71.3 Å². The molecular weight excluding hydrogens is 224 g/mol. The number of nitrogens with zero attached hydrogens (tertiary/aromatic N) is 1. The van der Waals surface area contributed by atoms with Crippen LogP contribution in [0, 0.1) is 5.41 Å². The van der Waals surface area contributed by atoms with Gasteiger partial charge in [0.05, 0.1) is 12.7 Å². The van der Waals surface area contributed by atoms with Crippen LogP contribution in [0.4, 0.5) is 0 Å². The van der Waals surface area contributed by atoms with Gasteiger partial charge in [0.1, 0.15) is 0 Å². The molecule has 0 aromatic carbocycles. The van der Waals surface area contributed by atoms with Crippen LogP contribution in [-0.4, -0.2) is 30.1 Å². The number of unbranched alkanes of at least 4 members (excludes halogenated alkanes) is 1. The van der Waals surface area contributed by atoms with Crippen molar-refractivity contribution in [1.82, 2.24) is 10.2 Å². The molecule has 2 aliphatic rings. The molecule has 1 saturated carbocycles. The molecule has 1 unspecified atom stereocenters. The molecule has 3 heteroatoms. The van der Waals surface area contributed by atoms with E-state index in [4.69, 9.17) is 0 Å². The molecule has 0 aromatic rings. The quantitative estimate of drug-likeness (QED) is 0.816. The number of carbonyl (C=O) groups is 1. The molecule has 1 amide bonds. The van der Waals surface area contributed by atoms with E-state index in [2.05, 4.69) is 24.1 Å². The molecule has 1 saturated heterocycles. The summed E-state index contributed by atoms with van der Waals surface area (Å²) in [5.41, 5.74) is 0.370. The Kier molecular flexibility index (Phi) is 4.66. The van der Waals surface area contributed by atoms with Crippen molar-refractivity contribution in [2.24, 2.45) is 5.41 Å². The first-order chi connectivity index (χ1) is 8.64. The molecule has 104 valence electrons. The summed E-state index contributed by atoms with van der Waals surface area (Å²) >= 11 is 0. The number of amides is 1. The minimum atomic E-state index is 0.0946. The summed E-state index contributed by atoms with van der Waals surface area (Å²) in [7, 11) is 0. The first-order valence-electron chi connectivity index (χ1n) is 7.67. The summed E-state index contributed by atoms with van der Waals surface area (Å²) in [5.74, 6) is 0.343. The molecule has 1 atom stereocenters. The number of carbonyl (C=O) groups excluding carboxylic acids is 1. The van der Waals surface area contributed by atoms with Gasteiger partial charge in [-0.05, 0) is 24.7 Å². The van der Waals surface area contributed by atoms with Crippen LogP contribution >= 0.6 is 0 Å². The lowest BCUT2D eigenvalue weighted by Gasteiger charge is -2.36. The van der Waals surface area contributed by atoms with E-state index < -0.39 is 0 Å². The Morgan fingerprint density at radius 1 is 1.33 bits per heavy atom. The highest BCUT2D eigenvalue weighted by molar-refractivity contribution is 5.83. The van der Waals surface area contributed by atoms with E-state index in [9.17, 15) is 4.79 Å². The molecule has 0 aromatic heterocycles. The highest BCUT2D eigenvalue weighted by atomic mass is 16.2. The zero-order valence-corrected chi connectivity index (χ0v) is 12.0. The van der Waals surface area contributed by atoms with Crippen molar-refractivity contribution in [1.29, 1.82) is 0 Å². The van der Waals surface area contributed by atoms with E-state index in [-0.39, 0.29) is 6.04 Å². The topological polar surface area (TPSA) is 32.3 Å². The fourth-order valence-corrected chi connectivity index (χ4v) is 3.40. The number of hydrogen-bond donors (Lipinski definition) is 1. The van der Waals surface area contributed by atoms with Crippen LogP contribution in [-0.2, 0) is 4.79 Å². The largest absolute Gasteiger partial charge is 0.328 e. The van der Waals surface area contributed by atoms with Gasteiger partial charge in [-0.2, -0.15) is 0 Å². The third kappa shape index (κ3) is 3.25. The van der Waals surface area contributed by atoms with Crippen molar-refractivity contribution in [3.05, 3.63) is 0 Å². The first-order valence-corrected chi connectivity index (χ1v) is 7.67. The monoisotopic (exact) mass is 252 g/mol. The second-order valence-corrected chi connectivity index (χ2v) is 6.46. The standard InChI is InChI=1S/C15H28N2O/c1-3-4-8-13-14(18)17(12-16-13)11-15(2)9-6-5-7-10-15/h13,16H,3-12H2,1-2H3. The maximum Gasteiger partial charge on any atom is 0.240 e. The Morgan fingerprint density at radius 2 is 2.06 bits per heavy atom. The summed E-state index contributed by atoms with van der Waals surface area (Å²) in [4.78, 5) is 14.4. The Morgan fingerprint density at radius 3 is 2.72 bits per heavy atom. The van der Waals surface area contributed by atoms with Crippen molar-refractivity contribution in [3.8, 4) is 0 Å². The zero-order chi connectivity index (χ0) is 13.0. The van der Waals surface area contributed by atoms with Crippen molar-refractivity contribution in [2.75, 3.05) is 13.2 Å². The summed E-state index contributed by atoms with van der Waals surface area (Å²) in [6.45, 7) is 6.27. The molecule has 2 rings (SSSR count). The van der Waals surface area contributed by atoms with Crippen LogP contribution in [0.3, 0.4) is 0 Å². The Balaban J connectivity index is 1.85. The summed E-state index contributed by atoms with van der Waals surface area (Å²) in [6, 6.07) is 0.0946. The smallest absolute Gasteiger partial charge is 0.240 e. The SMILES string of the molecule is CCCCC1NCN(CC2(C)CCCCC2)C1=O. The van der Waals surface area contributed by atoms with Gasteiger partial charge in [0.25, 0.3) is 0 Å². The van der Waals surface area contributed by atoms with Crippen LogP contribution in [0.1, 0.15) is 65.2 Å². The van der Waals surface area contributed by atoms with E-state index in [0.717, 1.165) is 26.1 Å². The van der Waals surface area contributed by atoms with Gasteiger partial charge >= 0.3 is 0 Å². The second kappa shape index (κ2) is 6.05. The molecule has 1 N–H and O–H groups in total. The van der Waals surface area contributed by atoms with Crippen LogP contribution in [0.2, 0.25) is 0 Å². The lowest BCUT2D eigenvalue weighted by atomic mass is 9.75. The van der Waals surface area contributed by atoms with E-state index in [1.807, 2.05) is 0 Å². The molecular formula is C15H28N2O. The normalized spacial score (nSPS) is 27.8. The van der Waals surface area contributed by atoms with E-state index >= 15 is 0 Å². The van der Waals surface area contributed by atoms with Gasteiger partial charge in [0.2, 0.25) is 5.91 Å². The van der Waals surface area contributed by atoms with E-state index in [1.165, 1.54) is 38.5 Å². The predicted octanol–water partition coefficient (Wildman–Crippen LogP) is 2.90. The minimum absolute atomic E-state index is 0.0946. The average molecular weight is 252 g/mol. The zero-order valence-electron chi connectivity index (χ0n) is 12.0. The third-order valence-corrected chi connectivity index (χ3v) is 4.62. The van der Waals surface area contributed by atoms with Crippen LogP contribution in [0.25, 0.3) is 0 Å². The molecule has 1 aliphatic heterocycles. The molecule has 1 aliphatic carbocycles. The maximum atomic E-state index is 12.3. The number of hydrogen-bond acceptors (Lipinski definition) is 2. The van der Waals surface area contributed by atoms with E-state index in [1.54, 1.807) is 0 Å². The fourth-order valence-electron chi connectivity index (χ4n) is 3.40. The summed E-state index contributed by atoms with van der Waals surface area (Å²) < 4.78 is 0. The van der Waals surface area contributed by atoms with Gasteiger partial charge in [0, 0.05) is 6.54 Å². The van der Waals surface area contributed by atoms with Crippen molar-refractivity contribution >= 4 is 5.91 Å². The first kappa shape index (κ1) is 13.9. The molecule has 2 fully saturated rings. The number of nitrogens with one attached hydrogen (secondary N) is 1. The molecule has 18 heavy (non-hydrogen) atoms. The lowest BCUT2D eigenvalue weighted by Crippen LogP contribution is -2.39. The Hall–Kier alpha value is -0.570. The third-order valence-electron chi connectivity index (χ3n) is 4.62. The van der Waals surface area contributed by atoms with Crippen molar-refractivity contribution in [3.63, 3.8) is 0 Å². The van der Waals surface area contributed by atoms with Gasteiger partial charge in [0.15, 0.2) is 0 Å². The Bertz CT molecular complexity index is 284. The second-order valence-electron chi connectivity index (χ2n) is 6.46. The Labute approximate surface area is 111 Å². The van der Waals surface area contributed by atoms with Gasteiger partial charge in [-0.25, -0.2) is 0 Å². The average Bonchev–Trinajstić information content (AvgIpc) is 2.69. The predicted molar refractivity (Wildman–Crippen MR) is 74.2 cm³/mol.